The van der Waals surface area contributed by atoms with Crippen LogP contribution in [0.1, 0.15) is 32.2 Å². The van der Waals surface area contributed by atoms with Crippen molar-refractivity contribution in [2.75, 3.05) is 0 Å². The zero-order valence-corrected chi connectivity index (χ0v) is 10.1. The number of aliphatic hydroxyl groups excluding tert-OH is 1. The third-order valence-corrected chi connectivity index (χ3v) is 3.86. The van der Waals surface area contributed by atoms with Crippen LogP contribution in [0.25, 0.3) is 10.9 Å². The molecule has 17 heavy (non-hydrogen) atoms. The number of aliphatic hydroxyl groups is 1. The van der Waals surface area contributed by atoms with E-state index in [-0.39, 0.29) is 12.1 Å². The van der Waals surface area contributed by atoms with Crippen LogP contribution >= 0.6 is 0 Å². The molecule has 1 N–H and O–H groups in total. The lowest BCUT2D eigenvalue weighted by molar-refractivity contribution is 0.0541. The van der Waals surface area contributed by atoms with Gasteiger partial charge in [-0.1, -0.05) is 25.1 Å². The molecular weight excluding hydrogens is 212 g/mol. The number of benzene rings is 1. The van der Waals surface area contributed by atoms with E-state index in [2.05, 4.69) is 24.2 Å². The van der Waals surface area contributed by atoms with E-state index in [0.29, 0.717) is 5.92 Å². The molecule has 0 bridgehead atoms. The van der Waals surface area contributed by atoms with Crippen molar-refractivity contribution in [3.63, 3.8) is 0 Å². The number of hydrogen-bond donors (Lipinski definition) is 1. The van der Waals surface area contributed by atoms with Crippen molar-refractivity contribution in [1.29, 1.82) is 0 Å². The van der Waals surface area contributed by atoms with E-state index < -0.39 is 0 Å². The van der Waals surface area contributed by atoms with Crippen molar-refractivity contribution >= 4 is 10.9 Å². The maximum Gasteiger partial charge on any atom is 0.0787 e. The molecule has 3 unspecified atom stereocenters. The molecule has 90 valence electrons. The molecule has 3 rings (SSSR count). The third-order valence-electron chi connectivity index (χ3n) is 3.86. The molecule has 2 aromatic rings. The molecule has 0 spiro atoms. The summed E-state index contributed by atoms with van der Waals surface area (Å²) < 4.78 is 2.01. The Morgan fingerprint density at radius 3 is 3.00 bits per heavy atom. The smallest absolute Gasteiger partial charge is 0.0787 e. The average molecular weight is 230 g/mol. The predicted molar refractivity (Wildman–Crippen MR) is 67.8 cm³/mol. The monoisotopic (exact) mass is 230 g/mol. The van der Waals surface area contributed by atoms with Crippen LogP contribution in [0, 0.1) is 5.92 Å². The van der Waals surface area contributed by atoms with Gasteiger partial charge in [0.25, 0.3) is 0 Å². The van der Waals surface area contributed by atoms with Crippen LogP contribution in [-0.2, 0) is 0 Å². The molecule has 0 amide bonds. The highest BCUT2D eigenvalue weighted by Crippen LogP contribution is 2.33. The minimum absolute atomic E-state index is 0.138. The number of hydrogen-bond acceptors (Lipinski definition) is 2. The lowest BCUT2D eigenvalue weighted by Crippen LogP contribution is -2.31. The van der Waals surface area contributed by atoms with Gasteiger partial charge in [-0.3, -0.25) is 4.68 Å². The lowest BCUT2D eigenvalue weighted by Gasteiger charge is -2.32. The van der Waals surface area contributed by atoms with E-state index in [4.69, 9.17) is 0 Å². The van der Waals surface area contributed by atoms with E-state index >= 15 is 0 Å². The van der Waals surface area contributed by atoms with Crippen LogP contribution in [0.4, 0.5) is 0 Å². The van der Waals surface area contributed by atoms with Crippen molar-refractivity contribution in [2.24, 2.45) is 5.92 Å². The minimum atomic E-state index is -0.255. The number of aromatic nitrogens is 2. The summed E-state index contributed by atoms with van der Waals surface area (Å²) in [5.74, 6) is 0.673. The molecule has 1 fully saturated rings. The zero-order chi connectivity index (χ0) is 11.8. The van der Waals surface area contributed by atoms with Gasteiger partial charge in [-0.25, -0.2) is 0 Å². The van der Waals surface area contributed by atoms with Gasteiger partial charge in [0.2, 0.25) is 0 Å². The fourth-order valence-corrected chi connectivity index (χ4v) is 2.85. The predicted octanol–water partition coefficient (Wildman–Crippen LogP) is 2.76. The standard InChI is InChI=1S/C14H18N2O/c1-10-6-7-14(17)13(8-10)16-12-5-3-2-4-11(12)9-15-16/h2-5,9-10,13-14,17H,6-8H2,1H3. The Kier molecular flexibility index (Phi) is 2.63. The van der Waals surface area contributed by atoms with Gasteiger partial charge in [0, 0.05) is 5.39 Å². The number of nitrogens with zero attached hydrogens (tertiary/aromatic N) is 2. The number of fused-ring (bicyclic) bond motifs is 1. The summed E-state index contributed by atoms with van der Waals surface area (Å²) in [6.45, 7) is 2.25. The normalized spacial score (nSPS) is 29.6. The Bertz CT molecular complexity index is 520. The molecule has 1 heterocycles. The van der Waals surface area contributed by atoms with Gasteiger partial charge < -0.3 is 5.11 Å². The summed E-state index contributed by atoms with van der Waals surface area (Å²) in [4.78, 5) is 0. The molecule has 3 heteroatoms. The van der Waals surface area contributed by atoms with Crippen molar-refractivity contribution < 1.29 is 5.11 Å². The van der Waals surface area contributed by atoms with Crippen LogP contribution in [0.3, 0.4) is 0 Å². The Labute approximate surface area is 101 Å². The van der Waals surface area contributed by atoms with Crippen molar-refractivity contribution in [3.05, 3.63) is 30.5 Å². The van der Waals surface area contributed by atoms with Crippen LogP contribution in [-0.4, -0.2) is 21.0 Å². The molecular formula is C14H18N2O. The maximum atomic E-state index is 10.2. The second-order valence-electron chi connectivity index (χ2n) is 5.20. The number of rotatable bonds is 1. The average Bonchev–Trinajstić information content (AvgIpc) is 2.76. The fraction of sp³-hybridized carbons (Fsp3) is 0.500. The Morgan fingerprint density at radius 2 is 2.12 bits per heavy atom. The molecule has 3 atom stereocenters. The molecule has 0 saturated heterocycles. The van der Waals surface area contributed by atoms with Gasteiger partial charge in [0.05, 0.1) is 23.9 Å². The second-order valence-corrected chi connectivity index (χ2v) is 5.20. The Morgan fingerprint density at radius 1 is 1.29 bits per heavy atom. The Hall–Kier alpha value is -1.35. The maximum absolute atomic E-state index is 10.2. The first kappa shape index (κ1) is 10.8. The van der Waals surface area contributed by atoms with Gasteiger partial charge in [0.1, 0.15) is 0 Å². The first-order valence-electron chi connectivity index (χ1n) is 6.36. The summed E-state index contributed by atoms with van der Waals surface area (Å²) in [6.07, 6.45) is 4.67. The Balaban J connectivity index is 2.02. The molecule has 0 radical (unpaired) electrons. The fourth-order valence-electron chi connectivity index (χ4n) is 2.85. The molecule has 1 saturated carbocycles. The van der Waals surface area contributed by atoms with Crippen LogP contribution in [0.15, 0.2) is 30.5 Å². The van der Waals surface area contributed by atoms with Crippen LogP contribution in [0.5, 0.6) is 0 Å². The summed E-state index contributed by atoms with van der Waals surface area (Å²) in [5.41, 5.74) is 1.13. The largest absolute Gasteiger partial charge is 0.391 e. The molecule has 1 aliphatic carbocycles. The van der Waals surface area contributed by atoms with Crippen molar-refractivity contribution in [3.8, 4) is 0 Å². The molecule has 1 aliphatic rings. The topological polar surface area (TPSA) is 38.0 Å². The van der Waals surface area contributed by atoms with E-state index in [1.165, 1.54) is 0 Å². The first-order valence-corrected chi connectivity index (χ1v) is 6.36. The van der Waals surface area contributed by atoms with Crippen LogP contribution in [0.2, 0.25) is 0 Å². The molecule has 0 aliphatic heterocycles. The van der Waals surface area contributed by atoms with Gasteiger partial charge in [0.15, 0.2) is 0 Å². The molecule has 1 aromatic carbocycles. The van der Waals surface area contributed by atoms with Crippen molar-refractivity contribution in [1.82, 2.24) is 9.78 Å². The summed E-state index contributed by atoms with van der Waals surface area (Å²) in [5, 5.41) is 15.8. The third kappa shape index (κ3) is 1.84. The quantitative estimate of drug-likeness (QED) is 0.818. The van der Waals surface area contributed by atoms with E-state index in [1.807, 2.05) is 23.0 Å². The second kappa shape index (κ2) is 4.15. The molecule has 3 nitrogen and oxygen atoms in total. The zero-order valence-electron chi connectivity index (χ0n) is 10.1. The highest BCUT2D eigenvalue weighted by molar-refractivity contribution is 5.78. The van der Waals surface area contributed by atoms with Gasteiger partial charge in [-0.2, -0.15) is 5.10 Å². The SMILES string of the molecule is CC1CCC(O)C(n2ncc3ccccc32)C1. The van der Waals surface area contributed by atoms with Gasteiger partial charge in [-0.05, 0) is 31.2 Å². The van der Waals surface area contributed by atoms with E-state index in [9.17, 15) is 5.11 Å². The minimum Gasteiger partial charge on any atom is -0.391 e. The van der Waals surface area contributed by atoms with Crippen LogP contribution < -0.4 is 0 Å². The highest BCUT2D eigenvalue weighted by Gasteiger charge is 2.29. The summed E-state index contributed by atoms with van der Waals surface area (Å²) in [7, 11) is 0. The van der Waals surface area contributed by atoms with Gasteiger partial charge >= 0.3 is 0 Å². The van der Waals surface area contributed by atoms with Gasteiger partial charge in [-0.15, -0.1) is 0 Å². The summed E-state index contributed by atoms with van der Waals surface area (Å²) in [6, 6.07) is 8.33. The van der Waals surface area contributed by atoms with E-state index in [0.717, 1.165) is 30.2 Å². The number of para-hydroxylation sites is 1. The molecule has 1 aromatic heterocycles. The summed E-state index contributed by atoms with van der Waals surface area (Å²) >= 11 is 0. The van der Waals surface area contributed by atoms with E-state index in [1.54, 1.807) is 0 Å². The highest BCUT2D eigenvalue weighted by atomic mass is 16.3. The van der Waals surface area contributed by atoms with Crippen molar-refractivity contribution in [2.45, 2.75) is 38.3 Å². The lowest BCUT2D eigenvalue weighted by atomic mass is 9.85. The first-order chi connectivity index (χ1) is 8.25.